The quantitative estimate of drug-likeness (QED) is 0.892. The normalized spacial score (nSPS) is 19.5. The van der Waals surface area contributed by atoms with E-state index >= 15 is 0 Å². The first kappa shape index (κ1) is 18.2. The molecule has 0 saturated heterocycles. The van der Waals surface area contributed by atoms with Crippen LogP contribution in [0.4, 0.5) is 18.9 Å². The van der Waals surface area contributed by atoms with Gasteiger partial charge in [-0.15, -0.1) is 0 Å². The number of anilines is 1. The molecule has 1 unspecified atom stereocenters. The van der Waals surface area contributed by atoms with E-state index in [1.807, 2.05) is 0 Å². The number of nitrogens with one attached hydrogen (secondary N) is 1. The Morgan fingerprint density at radius 3 is 2.42 bits per heavy atom. The molecule has 0 heterocycles. The van der Waals surface area contributed by atoms with Gasteiger partial charge < -0.3 is 5.32 Å². The Hall–Kier alpha value is -2.11. The average molecular weight is 339 g/mol. The first-order valence-corrected chi connectivity index (χ1v) is 7.78. The summed E-state index contributed by atoms with van der Waals surface area (Å²) in [6.07, 6.45) is -3.73. The highest BCUT2D eigenvalue weighted by Gasteiger charge is 2.32. The monoisotopic (exact) mass is 339 g/mol. The molecule has 130 valence electrons. The molecule has 0 fully saturated rings. The summed E-state index contributed by atoms with van der Waals surface area (Å²) in [6.45, 7) is 4.88. The Kier molecular flexibility index (Phi) is 5.16. The zero-order valence-electron chi connectivity index (χ0n) is 13.9. The van der Waals surface area contributed by atoms with Crippen LogP contribution in [-0.2, 0) is 15.8 Å². The van der Waals surface area contributed by atoms with E-state index in [1.54, 1.807) is 19.9 Å². The predicted octanol–water partition coefficient (Wildman–Crippen LogP) is 4.31. The van der Waals surface area contributed by atoms with E-state index in [0.717, 1.165) is 6.07 Å². The van der Waals surface area contributed by atoms with Gasteiger partial charge in [-0.1, -0.05) is 6.07 Å². The van der Waals surface area contributed by atoms with Gasteiger partial charge >= 0.3 is 6.18 Å². The van der Waals surface area contributed by atoms with Gasteiger partial charge in [0.15, 0.2) is 11.6 Å². The van der Waals surface area contributed by atoms with Gasteiger partial charge in [-0.05, 0) is 56.0 Å². The molecule has 0 aromatic heterocycles. The van der Waals surface area contributed by atoms with Crippen molar-refractivity contribution in [3.8, 4) is 0 Å². The number of carbonyl (C=O) groups is 2. The van der Waals surface area contributed by atoms with Crippen molar-refractivity contribution in [2.24, 2.45) is 5.92 Å². The lowest BCUT2D eigenvalue weighted by Gasteiger charge is -2.17. The second-order valence-electron chi connectivity index (χ2n) is 6.18. The van der Waals surface area contributed by atoms with Crippen LogP contribution in [0, 0.1) is 12.8 Å². The number of allylic oxidation sites excluding steroid dienone is 2. The van der Waals surface area contributed by atoms with Gasteiger partial charge in [-0.3, -0.25) is 9.59 Å². The van der Waals surface area contributed by atoms with Crippen LogP contribution in [0.3, 0.4) is 0 Å². The summed E-state index contributed by atoms with van der Waals surface area (Å²) < 4.78 is 38.9. The number of Topliss-reactive ketones (excluding diaryl/α,β-unsaturated/α-hetero) is 2. The van der Waals surface area contributed by atoms with E-state index in [1.165, 1.54) is 13.0 Å². The van der Waals surface area contributed by atoms with Crippen molar-refractivity contribution in [2.45, 2.75) is 39.8 Å². The maximum Gasteiger partial charge on any atom is 0.416 e. The number of hydrogen-bond donors (Lipinski definition) is 1. The van der Waals surface area contributed by atoms with E-state index in [9.17, 15) is 22.8 Å². The predicted molar refractivity (Wildman–Crippen MR) is 85.8 cm³/mol. The molecule has 1 atom stereocenters. The third-order valence-corrected chi connectivity index (χ3v) is 4.54. The molecule has 0 bridgehead atoms. The van der Waals surface area contributed by atoms with Gasteiger partial charge in [0.25, 0.3) is 0 Å². The summed E-state index contributed by atoms with van der Waals surface area (Å²) >= 11 is 0. The number of hydrogen-bond acceptors (Lipinski definition) is 3. The number of ketones is 2. The zero-order chi connectivity index (χ0) is 18.1. The Bertz CT molecular complexity index is 705. The molecule has 1 N–H and O–H groups in total. The lowest BCUT2D eigenvalue weighted by Crippen LogP contribution is -2.23. The average Bonchev–Trinajstić information content (AvgIpc) is 2.60. The minimum absolute atomic E-state index is 0.0435. The molecule has 1 aliphatic carbocycles. The molecule has 0 aliphatic heterocycles. The molecule has 0 radical (unpaired) electrons. The van der Waals surface area contributed by atoms with E-state index in [0.29, 0.717) is 23.3 Å². The minimum Gasteiger partial charge on any atom is -0.384 e. The lowest BCUT2D eigenvalue weighted by molar-refractivity contribution is -0.138. The Labute approximate surface area is 138 Å². The third kappa shape index (κ3) is 3.86. The number of rotatable bonds is 3. The van der Waals surface area contributed by atoms with Crippen molar-refractivity contribution < 1.29 is 22.8 Å². The van der Waals surface area contributed by atoms with Crippen LogP contribution in [-0.4, -0.2) is 18.1 Å². The fourth-order valence-corrected chi connectivity index (χ4v) is 2.80. The van der Waals surface area contributed by atoms with Crippen LogP contribution in [0.1, 0.15) is 37.8 Å². The topological polar surface area (TPSA) is 46.2 Å². The van der Waals surface area contributed by atoms with E-state index in [2.05, 4.69) is 5.32 Å². The molecule has 6 heteroatoms. The van der Waals surface area contributed by atoms with Gasteiger partial charge in [0.05, 0.1) is 5.56 Å². The maximum absolute atomic E-state index is 13.0. The molecular formula is C18H20F3NO2. The van der Waals surface area contributed by atoms with Crippen LogP contribution in [0.25, 0.3) is 0 Å². The van der Waals surface area contributed by atoms with Crippen LogP contribution < -0.4 is 5.32 Å². The Balaban J connectivity index is 2.14. The van der Waals surface area contributed by atoms with Crippen molar-refractivity contribution in [2.75, 3.05) is 11.9 Å². The van der Waals surface area contributed by atoms with Crippen LogP contribution in [0.15, 0.2) is 29.3 Å². The number of aryl methyl sites for hydroxylation is 1. The van der Waals surface area contributed by atoms with E-state index < -0.39 is 17.7 Å². The second-order valence-corrected chi connectivity index (χ2v) is 6.18. The highest BCUT2D eigenvalue weighted by molar-refractivity contribution is 6.08. The standard InChI is InChI=1S/C18H20F3NO2/c1-10-4-6-14(8-15(10)18(19,20)21)22-9-13-5-7-16(23)11(2)12(3)17(13)24/h4,6,8,13,22H,5,7,9H2,1-3H3. The number of halogens is 3. The molecule has 3 nitrogen and oxygen atoms in total. The summed E-state index contributed by atoms with van der Waals surface area (Å²) in [4.78, 5) is 24.2. The summed E-state index contributed by atoms with van der Waals surface area (Å²) in [5, 5.41) is 2.91. The fraction of sp³-hybridized carbons (Fsp3) is 0.444. The first-order valence-electron chi connectivity index (χ1n) is 7.78. The van der Waals surface area contributed by atoms with Gasteiger partial charge in [-0.25, -0.2) is 0 Å². The molecule has 0 amide bonds. The van der Waals surface area contributed by atoms with Crippen molar-refractivity contribution >= 4 is 17.3 Å². The number of alkyl halides is 3. The molecule has 0 spiro atoms. The van der Waals surface area contributed by atoms with E-state index in [4.69, 9.17) is 0 Å². The smallest absolute Gasteiger partial charge is 0.384 e. The summed E-state index contributed by atoms with van der Waals surface area (Å²) in [5.74, 6) is -0.575. The van der Waals surface area contributed by atoms with Crippen molar-refractivity contribution in [1.29, 1.82) is 0 Å². The van der Waals surface area contributed by atoms with Gasteiger partial charge in [0.2, 0.25) is 0 Å². The zero-order valence-corrected chi connectivity index (χ0v) is 13.9. The molecule has 2 rings (SSSR count). The largest absolute Gasteiger partial charge is 0.416 e. The number of carbonyl (C=O) groups excluding carboxylic acids is 2. The summed E-state index contributed by atoms with van der Waals surface area (Å²) in [5.41, 5.74) is 0.705. The third-order valence-electron chi connectivity index (χ3n) is 4.54. The molecule has 24 heavy (non-hydrogen) atoms. The van der Waals surface area contributed by atoms with Crippen molar-refractivity contribution in [3.63, 3.8) is 0 Å². The molecular weight excluding hydrogens is 319 g/mol. The molecule has 0 saturated carbocycles. The lowest BCUT2D eigenvalue weighted by atomic mass is 9.95. The SMILES string of the molecule is CC1=C(C)C(=O)C(CNc2ccc(C)c(C(F)(F)F)c2)CCC1=O. The van der Waals surface area contributed by atoms with Crippen molar-refractivity contribution in [3.05, 3.63) is 40.5 Å². The van der Waals surface area contributed by atoms with Gasteiger partial charge in [-0.2, -0.15) is 13.2 Å². The van der Waals surface area contributed by atoms with Crippen LogP contribution in [0.5, 0.6) is 0 Å². The van der Waals surface area contributed by atoms with Gasteiger partial charge in [0.1, 0.15) is 0 Å². The van der Waals surface area contributed by atoms with Gasteiger partial charge in [0, 0.05) is 24.6 Å². The minimum atomic E-state index is -4.41. The van der Waals surface area contributed by atoms with Crippen molar-refractivity contribution in [1.82, 2.24) is 0 Å². The van der Waals surface area contributed by atoms with Crippen LogP contribution in [0.2, 0.25) is 0 Å². The molecule has 1 aromatic carbocycles. The van der Waals surface area contributed by atoms with E-state index in [-0.39, 0.29) is 30.1 Å². The fourth-order valence-electron chi connectivity index (χ4n) is 2.80. The van der Waals surface area contributed by atoms with Crippen LogP contribution >= 0.6 is 0 Å². The highest BCUT2D eigenvalue weighted by atomic mass is 19.4. The Morgan fingerprint density at radius 1 is 1.12 bits per heavy atom. The summed E-state index contributed by atoms with van der Waals surface area (Å²) in [6, 6.07) is 4.01. The highest BCUT2D eigenvalue weighted by Crippen LogP contribution is 2.33. The summed E-state index contributed by atoms with van der Waals surface area (Å²) in [7, 11) is 0. The first-order chi connectivity index (χ1) is 11.1. The number of benzene rings is 1. The maximum atomic E-state index is 13.0. The second kappa shape index (κ2) is 6.79. The molecule has 1 aromatic rings. The Morgan fingerprint density at radius 2 is 1.79 bits per heavy atom. The molecule has 1 aliphatic rings.